The molecule has 1 aliphatic carbocycles. The fourth-order valence-electron chi connectivity index (χ4n) is 5.37. The lowest BCUT2D eigenvalue weighted by Crippen LogP contribution is -2.56. The number of allylic oxidation sites excluding steroid dienone is 2. The van der Waals surface area contributed by atoms with E-state index in [0.717, 1.165) is 12.1 Å². The van der Waals surface area contributed by atoms with Crippen LogP contribution in [0.3, 0.4) is 0 Å². The molecule has 1 fully saturated rings. The van der Waals surface area contributed by atoms with Crippen LogP contribution in [-0.2, 0) is 24.6 Å². The summed E-state index contributed by atoms with van der Waals surface area (Å²) in [7, 11) is -8.14. The van der Waals surface area contributed by atoms with E-state index in [4.69, 9.17) is 16.3 Å². The lowest BCUT2D eigenvalue weighted by Gasteiger charge is -2.49. The van der Waals surface area contributed by atoms with Gasteiger partial charge in [0.05, 0.1) is 17.1 Å². The van der Waals surface area contributed by atoms with E-state index in [1.807, 2.05) is 0 Å². The zero-order valence-corrected chi connectivity index (χ0v) is 21.2. The number of fused-ring (bicyclic) bond motifs is 3. The third-order valence-corrected chi connectivity index (χ3v) is 11.5. The summed E-state index contributed by atoms with van der Waals surface area (Å²) in [6, 6.07) is 6.66. The molecule has 1 saturated carbocycles. The van der Waals surface area contributed by atoms with Crippen LogP contribution in [0.25, 0.3) is 0 Å². The van der Waals surface area contributed by atoms with Crippen molar-refractivity contribution in [3.8, 4) is 5.75 Å². The van der Waals surface area contributed by atoms with Crippen LogP contribution in [0.15, 0.2) is 65.7 Å². The van der Waals surface area contributed by atoms with Gasteiger partial charge in [-0.3, -0.25) is 0 Å². The molecule has 36 heavy (non-hydrogen) atoms. The molecule has 0 amide bonds. The Bertz CT molecular complexity index is 1460. The molecular weight excluding hydrogens is 534 g/mol. The van der Waals surface area contributed by atoms with Gasteiger partial charge in [0.1, 0.15) is 10.6 Å². The largest absolute Gasteiger partial charge is 0.490 e. The second kappa shape index (κ2) is 9.13. The van der Waals surface area contributed by atoms with Crippen LogP contribution in [0.2, 0.25) is 5.02 Å². The first-order valence-electron chi connectivity index (χ1n) is 11.3. The highest BCUT2D eigenvalue weighted by Gasteiger charge is 2.60. The molecule has 2 aliphatic heterocycles. The second-order valence-electron chi connectivity index (χ2n) is 9.05. The number of benzene rings is 2. The summed E-state index contributed by atoms with van der Waals surface area (Å²) in [5.74, 6) is -3.03. The summed E-state index contributed by atoms with van der Waals surface area (Å²) >= 11 is 5.95. The van der Waals surface area contributed by atoms with Gasteiger partial charge in [-0.15, -0.1) is 0 Å². The third kappa shape index (κ3) is 4.02. The van der Waals surface area contributed by atoms with Crippen molar-refractivity contribution in [2.75, 3.05) is 6.61 Å². The number of dihydropyridines is 1. The maximum absolute atomic E-state index is 15.3. The molecule has 3 aliphatic rings. The SMILES string of the molecule is O=S(=O)(N[C@@H]1CC[C@@]2(S(=O)(=O)c3ccc(Cl)cc3)c3c(F)ccc(F)c3OC[C@H]2C1)C1C=CC=CN1. The summed E-state index contributed by atoms with van der Waals surface area (Å²) in [4.78, 5) is -0.0872. The van der Waals surface area contributed by atoms with Crippen LogP contribution in [0, 0.1) is 17.6 Å². The van der Waals surface area contributed by atoms with Crippen molar-refractivity contribution in [1.82, 2.24) is 10.0 Å². The monoisotopic (exact) mass is 556 g/mol. The summed E-state index contributed by atoms with van der Waals surface area (Å²) in [5.41, 5.74) is -0.350. The maximum Gasteiger partial charge on any atom is 0.236 e. The molecule has 0 saturated heterocycles. The summed E-state index contributed by atoms with van der Waals surface area (Å²) in [6.45, 7) is -0.220. The topological polar surface area (TPSA) is 102 Å². The Morgan fingerprint density at radius 3 is 2.44 bits per heavy atom. The van der Waals surface area contributed by atoms with Gasteiger partial charge in [0.15, 0.2) is 26.8 Å². The van der Waals surface area contributed by atoms with Gasteiger partial charge in [0, 0.05) is 17.0 Å². The molecule has 7 nitrogen and oxygen atoms in total. The molecule has 192 valence electrons. The quantitative estimate of drug-likeness (QED) is 0.581. The second-order valence-corrected chi connectivity index (χ2v) is 13.5. The van der Waals surface area contributed by atoms with Crippen molar-refractivity contribution in [1.29, 1.82) is 0 Å². The minimum absolute atomic E-state index is 0.0493. The molecular formula is C24H23ClF2N2O5S2. The molecule has 2 N–H and O–H groups in total. The first-order chi connectivity index (χ1) is 17.1. The van der Waals surface area contributed by atoms with Gasteiger partial charge in [0.2, 0.25) is 10.0 Å². The predicted octanol–water partition coefficient (Wildman–Crippen LogP) is 3.77. The Morgan fingerprint density at radius 1 is 1.03 bits per heavy atom. The Labute approximate surface area is 213 Å². The molecule has 5 rings (SSSR count). The Morgan fingerprint density at radius 2 is 1.75 bits per heavy atom. The minimum atomic E-state index is -4.30. The molecule has 2 heterocycles. The van der Waals surface area contributed by atoms with Crippen LogP contribution in [0.1, 0.15) is 24.8 Å². The number of sulfonamides is 1. The highest BCUT2D eigenvalue weighted by Crippen LogP contribution is 2.56. The molecule has 1 unspecified atom stereocenters. The third-order valence-electron chi connectivity index (χ3n) is 7.03. The lowest BCUT2D eigenvalue weighted by atomic mass is 9.71. The fourth-order valence-corrected chi connectivity index (χ4v) is 9.24. The van der Waals surface area contributed by atoms with E-state index in [-0.39, 0.29) is 36.3 Å². The molecule has 0 bridgehead atoms. The number of sulfone groups is 1. The van der Waals surface area contributed by atoms with Crippen LogP contribution in [-0.4, -0.2) is 34.9 Å². The van der Waals surface area contributed by atoms with E-state index in [0.29, 0.717) is 5.02 Å². The van der Waals surface area contributed by atoms with Crippen molar-refractivity contribution >= 4 is 31.5 Å². The first-order valence-corrected chi connectivity index (χ1v) is 14.7. The van der Waals surface area contributed by atoms with Crippen LogP contribution in [0.5, 0.6) is 5.75 Å². The zero-order chi connectivity index (χ0) is 25.7. The molecule has 4 atom stereocenters. The Kier molecular flexibility index (Phi) is 6.39. The van der Waals surface area contributed by atoms with E-state index in [1.165, 1.54) is 36.5 Å². The molecule has 0 spiro atoms. The van der Waals surface area contributed by atoms with Gasteiger partial charge in [-0.25, -0.2) is 30.3 Å². The fraction of sp³-hybridized carbons (Fsp3) is 0.333. The van der Waals surface area contributed by atoms with E-state index in [2.05, 4.69) is 10.0 Å². The van der Waals surface area contributed by atoms with E-state index in [1.54, 1.807) is 12.2 Å². The molecule has 2 aromatic carbocycles. The van der Waals surface area contributed by atoms with Crippen LogP contribution in [0.4, 0.5) is 8.78 Å². The number of nitrogens with one attached hydrogen (secondary N) is 2. The lowest BCUT2D eigenvalue weighted by molar-refractivity contribution is 0.113. The number of ether oxygens (including phenoxy) is 1. The van der Waals surface area contributed by atoms with Crippen molar-refractivity contribution in [2.45, 2.75) is 40.3 Å². The highest BCUT2D eigenvalue weighted by atomic mass is 35.5. The summed E-state index contributed by atoms with van der Waals surface area (Å²) < 4.78 is 90.6. The van der Waals surface area contributed by atoms with Gasteiger partial charge < -0.3 is 10.1 Å². The maximum atomic E-state index is 15.3. The average Bonchev–Trinajstić information content (AvgIpc) is 2.86. The van der Waals surface area contributed by atoms with E-state index < -0.39 is 59.3 Å². The number of hydrogen-bond donors (Lipinski definition) is 2. The summed E-state index contributed by atoms with van der Waals surface area (Å²) in [5, 5.41) is 2.09. The molecule has 0 aromatic heterocycles. The van der Waals surface area contributed by atoms with Gasteiger partial charge in [-0.1, -0.05) is 17.7 Å². The number of rotatable bonds is 5. The van der Waals surface area contributed by atoms with Gasteiger partial charge in [-0.05, 0) is 74.0 Å². The number of halogens is 3. The molecule has 0 radical (unpaired) electrons. The molecule has 2 aromatic rings. The number of hydrogen-bond acceptors (Lipinski definition) is 6. The first kappa shape index (κ1) is 25.2. The van der Waals surface area contributed by atoms with Gasteiger partial charge >= 0.3 is 0 Å². The van der Waals surface area contributed by atoms with Gasteiger partial charge in [-0.2, -0.15) is 0 Å². The van der Waals surface area contributed by atoms with Crippen molar-refractivity contribution in [3.05, 3.63) is 83.0 Å². The smallest absolute Gasteiger partial charge is 0.236 e. The normalized spacial score (nSPS) is 27.5. The minimum Gasteiger partial charge on any atom is -0.490 e. The van der Waals surface area contributed by atoms with Crippen LogP contribution < -0.4 is 14.8 Å². The van der Waals surface area contributed by atoms with Gasteiger partial charge in [0.25, 0.3) is 0 Å². The average molecular weight is 557 g/mol. The predicted molar refractivity (Wildman–Crippen MR) is 131 cm³/mol. The standard InChI is InChI=1S/C24H23ClF2N2O5S2/c25-16-4-6-18(7-5-16)35(30,31)24-11-10-17(29-36(32,33)21-3-1-2-12-28-21)13-15(24)14-34-23-20(27)9-8-19(26)22(23)24/h1-9,12,15,17,21,28-29H,10-11,13-14H2/t15-,17-,21?,24+/m1/s1. The van der Waals surface area contributed by atoms with E-state index in [9.17, 15) is 21.2 Å². The Hall–Kier alpha value is -2.47. The highest BCUT2D eigenvalue weighted by molar-refractivity contribution is 7.92. The Balaban J connectivity index is 1.57. The van der Waals surface area contributed by atoms with E-state index >= 15 is 4.39 Å². The van der Waals surface area contributed by atoms with Crippen LogP contribution >= 0.6 is 11.6 Å². The van der Waals surface area contributed by atoms with Crippen molar-refractivity contribution < 1.29 is 30.4 Å². The molecule has 12 heteroatoms. The summed E-state index contributed by atoms with van der Waals surface area (Å²) in [6.07, 6.45) is 6.26. The van der Waals surface area contributed by atoms with Crippen molar-refractivity contribution in [2.24, 2.45) is 5.92 Å². The van der Waals surface area contributed by atoms with Crippen molar-refractivity contribution in [3.63, 3.8) is 0 Å². The zero-order valence-electron chi connectivity index (χ0n) is 18.8.